The minimum atomic E-state index is -0.995. The maximum Gasteiger partial charge on any atom is 0.329 e. The van der Waals surface area contributed by atoms with Crippen molar-refractivity contribution in [3.63, 3.8) is 0 Å². The molecule has 10 heteroatoms. The lowest BCUT2D eigenvalue weighted by molar-refractivity contribution is -0.161. The Morgan fingerprint density at radius 2 is 1.74 bits per heavy atom. The van der Waals surface area contributed by atoms with E-state index in [2.05, 4.69) is 5.32 Å². The Morgan fingerprint density at radius 3 is 2.32 bits per heavy atom. The van der Waals surface area contributed by atoms with Crippen LogP contribution in [-0.2, 0) is 19.1 Å². The van der Waals surface area contributed by atoms with Crippen molar-refractivity contribution in [3.05, 3.63) is 34.9 Å². The number of thioether (sulfide) groups is 1. The Balaban J connectivity index is 1.97. The fourth-order valence-electron chi connectivity index (χ4n) is 3.17. The molecule has 1 aliphatic heterocycles. The van der Waals surface area contributed by atoms with Crippen LogP contribution in [0.2, 0.25) is 5.02 Å². The van der Waals surface area contributed by atoms with Gasteiger partial charge in [-0.2, -0.15) is 11.8 Å². The van der Waals surface area contributed by atoms with Gasteiger partial charge in [0.25, 0.3) is 11.8 Å². The van der Waals surface area contributed by atoms with Crippen molar-refractivity contribution in [2.75, 3.05) is 38.2 Å². The van der Waals surface area contributed by atoms with Crippen molar-refractivity contribution in [2.45, 2.75) is 32.4 Å². The molecular formula is C21H28ClN3O5S. The molecule has 1 aliphatic rings. The highest BCUT2D eigenvalue weighted by molar-refractivity contribution is 7.98. The molecule has 0 aliphatic carbocycles. The van der Waals surface area contributed by atoms with Crippen LogP contribution < -0.4 is 5.32 Å². The van der Waals surface area contributed by atoms with Crippen LogP contribution in [0.1, 0.15) is 30.6 Å². The molecule has 2 unspecified atom stereocenters. The highest BCUT2D eigenvalue weighted by Crippen LogP contribution is 2.16. The van der Waals surface area contributed by atoms with Gasteiger partial charge in [-0.1, -0.05) is 23.7 Å². The number of benzene rings is 1. The van der Waals surface area contributed by atoms with Crippen LogP contribution in [0.5, 0.6) is 0 Å². The van der Waals surface area contributed by atoms with Crippen molar-refractivity contribution >= 4 is 47.1 Å². The molecule has 0 spiro atoms. The molecule has 2 rings (SSSR count). The smallest absolute Gasteiger partial charge is 0.329 e. The number of hydrogen-bond donors (Lipinski definition) is 1. The zero-order chi connectivity index (χ0) is 23.0. The van der Waals surface area contributed by atoms with E-state index in [9.17, 15) is 19.2 Å². The number of rotatable bonds is 8. The van der Waals surface area contributed by atoms with Gasteiger partial charge in [-0.3, -0.25) is 14.4 Å². The monoisotopic (exact) mass is 469 g/mol. The normalized spacial score (nSPS) is 15.7. The summed E-state index contributed by atoms with van der Waals surface area (Å²) in [5.41, 5.74) is 0.263. The molecule has 31 heavy (non-hydrogen) atoms. The summed E-state index contributed by atoms with van der Waals surface area (Å²) in [5, 5.41) is 2.95. The van der Waals surface area contributed by atoms with Crippen LogP contribution in [0.15, 0.2) is 24.3 Å². The van der Waals surface area contributed by atoms with Crippen LogP contribution in [0.25, 0.3) is 0 Å². The second-order valence-corrected chi connectivity index (χ2v) is 8.59. The molecule has 2 atom stereocenters. The van der Waals surface area contributed by atoms with Crippen molar-refractivity contribution in [1.82, 2.24) is 15.1 Å². The van der Waals surface area contributed by atoms with E-state index in [1.807, 2.05) is 6.26 Å². The van der Waals surface area contributed by atoms with E-state index in [1.165, 1.54) is 25.6 Å². The number of esters is 1. The first-order valence-corrected chi connectivity index (χ1v) is 11.8. The lowest BCUT2D eigenvalue weighted by atomic mass is 10.1. The molecule has 8 nitrogen and oxygen atoms in total. The number of carbonyl (C=O) groups is 4. The van der Waals surface area contributed by atoms with E-state index in [0.29, 0.717) is 38.4 Å². The minimum Gasteiger partial charge on any atom is -0.451 e. The first kappa shape index (κ1) is 25.0. The van der Waals surface area contributed by atoms with Gasteiger partial charge in [-0.25, -0.2) is 4.79 Å². The second kappa shape index (κ2) is 12.0. The summed E-state index contributed by atoms with van der Waals surface area (Å²) < 4.78 is 5.40. The lowest BCUT2D eigenvalue weighted by Crippen LogP contribution is -2.53. The van der Waals surface area contributed by atoms with Crippen molar-refractivity contribution < 1.29 is 23.9 Å². The second-order valence-electron chi connectivity index (χ2n) is 7.20. The van der Waals surface area contributed by atoms with Crippen LogP contribution >= 0.6 is 23.4 Å². The summed E-state index contributed by atoms with van der Waals surface area (Å²) >= 11 is 7.60. The topological polar surface area (TPSA) is 96.0 Å². The highest BCUT2D eigenvalue weighted by Gasteiger charge is 2.31. The Bertz CT molecular complexity index is 814. The quantitative estimate of drug-likeness (QED) is 0.583. The van der Waals surface area contributed by atoms with Gasteiger partial charge in [0.05, 0.1) is 10.6 Å². The standard InChI is InChI=1S/C21H28ClN3O5S/c1-14(20(28)25-11-9-24(10-12-25)15(2)26)30-21(29)18(8-13-31-3)23-19(27)16-6-4-5-7-17(16)22/h4-7,14,18H,8-13H2,1-3H3,(H,23,27). The van der Waals surface area contributed by atoms with Crippen LogP contribution in [0.4, 0.5) is 0 Å². The lowest BCUT2D eigenvalue weighted by Gasteiger charge is -2.35. The Morgan fingerprint density at radius 1 is 1.13 bits per heavy atom. The van der Waals surface area contributed by atoms with Gasteiger partial charge in [0.15, 0.2) is 6.10 Å². The van der Waals surface area contributed by atoms with Crippen molar-refractivity contribution in [3.8, 4) is 0 Å². The number of nitrogens with zero attached hydrogens (tertiary/aromatic N) is 2. The number of hydrogen-bond acceptors (Lipinski definition) is 6. The third kappa shape index (κ3) is 7.14. The molecule has 3 amide bonds. The van der Waals surface area contributed by atoms with E-state index in [0.717, 1.165) is 0 Å². The molecule has 1 heterocycles. The summed E-state index contributed by atoms with van der Waals surface area (Å²) in [6.07, 6.45) is 1.25. The highest BCUT2D eigenvalue weighted by atomic mass is 35.5. The molecular weight excluding hydrogens is 442 g/mol. The Labute approximate surface area is 191 Å². The third-order valence-electron chi connectivity index (χ3n) is 5.00. The van der Waals surface area contributed by atoms with Crippen molar-refractivity contribution in [1.29, 1.82) is 0 Å². The van der Waals surface area contributed by atoms with Crippen LogP contribution in [0.3, 0.4) is 0 Å². The average Bonchev–Trinajstić information content (AvgIpc) is 2.76. The SMILES string of the molecule is CSCCC(NC(=O)c1ccccc1Cl)C(=O)OC(C)C(=O)N1CCN(C(C)=O)CC1. The molecule has 1 aromatic rings. The van der Waals surface area contributed by atoms with Crippen LogP contribution in [0, 0.1) is 0 Å². The first-order valence-electron chi connectivity index (χ1n) is 10.0. The van der Waals surface area contributed by atoms with Crippen molar-refractivity contribution in [2.24, 2.45) is 0 Å². The van der Waals surface area contributed by atoms with E-state index in [1.54, 1.807) is 34.1 Å². The summed E-state index contributed by atoms with van der Waals surface area (Å²) in [6, 6.07) is 5.66. The molecule has 0 radical (unpaired) electrons. The number of carbonyl (C=O) groups excluding carboxylic acids is 4. The molecule has 1 aromatic carbocycles. The molecule has 1 N–H and O–H groups in total. The number of halogens is 1. The van der Waals surface area contributed by atoms with E-state index >= 15 is 0 Å². The molecule has 170 valence electrons. The largest absolute Gasteiger partial charge is 0.451 e. The molecule has 0 saturated carbocycles. The van der Waals surface area contributed by atoms with Gasteiger partial charge < -0.3 is 19.9 Å². The van der Waals surface area contributed by atoms with Gasteiger partial charge >= 0.3 is 5.97 Å². The molecule has 0 bridgehead atoms. The van der Waals surface area contributed by atoms with E-state index in [4.69, 9.17) is 16.3 Å². The van der Waals surface area contributed by atoms with E-state index < -0.39 is 24.0 Å². The summed E-state index contributed by atoms with van der Waals surface area (Å²) in [6.45, 7) is 4.68. The zero-order valence-corrected chi connectivity index (χ0v) is 19.5. The van der Waals surface area contributed by atoms with Gasteiger partial charge in [0.1, 0.15) is 6.04 Å². The Hall–Kier alpha value is -2.26. The summed E-state index contributed by atoms with van der Waals surface area (Å²) in [7, 11) is 0. The Kier molecular flexibility index (Phi) is 9.64. The van der Waals surface area contributed by atoms with Crippen LogP contribution in [-0.4, -0.2) is 83.8 Å². The summed E-state index contributed by atoms with van der Waals surface area (Å²) in [5.74, 6) is -0.876. The predicted molar refractivity (Wildman–Crippen MR) is 120 cm³/mol. The zero-order valence-electron chi connectivity index (χ0n) is 17.9. The van der Waals surface area contributed by atoms with Gasteiger partial charge in [0.2, 0.25) is 5.91 Å². The number of amides is 3. The number of piperazine rings is 1. The fraction of sp³-hybridized carbons (Fsp3) is 0.524. The fourth-order valence-corrected chi connectivity index (χ4v) is 3.86. The first-order chi connectivity index (χ1) is 14.7. The number of ether oxygens (including phenoxy) is 1. The molecule has 1 fully saturated rings. The predicted octanol–water partition coefficient (Wildman–Crippen LogP) is 1.81. The van der Waals surface area contributed by atoms with Gasteiger partial charge in [-0.15, -0.1) is 0 Å². The maximum atomic E-state index is 12.7. The summed E-state index contributed by atoms with van der Waals surface area (Å²) in [4.78, 5) is 52.7. The minimum absolute atomic E-state index is 0.0301. The van der Waals surface area contributed by atoms with Gasteiger partial charge in [-0.05, 0) is 37.5 Å². The molecule has 0 aromatic heterocycles. The van der Waals surface area contributed by atoms with E-state index in [-0.39, 0.29) is 22.4 Å². The molecule has 1 saturated heterocycles. The average molecular weight is 470 g/mol. The maximum absolute atomic E-state index is 12.7. The van der Waals surface area contributed by atoms with Gasteiger partial charge in [0, 0.05) is 33.1 Å². The number of nitrogens with one attached hydrogen (secondary N) is 1. The third-order valence-corrected chi connectivity index (χ3v) is 5.97.